The highest BCUT2D eigenvalue weighted by Crippen LogP contribution is 2.16. The van der Waals surface area contributed by atoms with Gasteiger partial charge in [0, 0.05) is 12.7 Å². The van der Waals surface area contributed by atoms with Gasteiger partial charge in [0.1, 0.15) is 5.76 Å². The number of furan rings is 1. The van der Waals surface area contributed by atoms with Crippen LogP contribution in [0.2, 0.25) is 0 Å². The average Bonchev–Trinajstić information content (AvgIpc) is 2.74. The van der Waals surface area contributed by atoms with Crippen molar-refractivity contribution in [2.45, 2.75) is 6.29 Å². The van der Waals surface area contributed by atoms with Crippen LogP contribution < -0.4 is 0 Å². The first-order valence-electron chi connectivity index (χ1n) is 4.45. The summed E-state index contributed by atoms with van der Waals surface area (Å²) in [5.41, 5.74) is 0.503. The third-order valence-corrected chi connectivity index (χ3v) is 2.00. The van der Waals surface area contributed by atoms with Crippen LogP contribution in [-0.4, -0.2) is 19.2 Å². The number of methoxy groups -OCH3 is 1. The lowest BCUT2D eigenvalue weighted by atomic mass is 10.1. The van der Waals surface area contributed by atoms with Crippen molar-refractivity contribution in [2.75, 3.05) is 7.11 Å². The molecular weight excluding hydrogens is 196 g/mol. The van der Waals surface area contributed by atoms with E-state index in [0.717, 1.165) is 0 Å². The number of hydrogen-bond donors (Lipinski definition) is 0. The highest BCUT2D eigenvalue weighted by molar-refractivity contribution is 6.04. The molecule has 1 aromatic rings. The van der Waals surface area contributed by atoms with E-state index in [0.29, 0.717) is 11.3 Å². The van der Waals surface area contributed by atoms with Gasteiger partial charge < -0.3 is 13.9 Å². The quantitative estimate of drug-likeness (QED) is 0.691. The Morgan fingerprint density at radius 2 is 2.40 bits per heavy atom. The minimum atomic E-state index is -0.851. The van der Waals surface area contributed by atoms with Crippen molar-refractivity contribution >= 4 is 11.9 Å². The zero-order valence-corrected chi connectivity index (χ0v) is 8.17. The standard InChI is InChI=1S/C11H10O4/c1-13-11-10(12)8(4-6-15-11)7-9-3-2-5-14-9/h2-7,11H,1H3. The molecule has 0 aliphatic carbocycles. The number of allylic oxidation sites excluding steroid dienone is 1. The highest BCUT2D eigenvalue weighted by atomic mass is 16.7. The van der Waals surface area contributed by atoms with Crippen LogP contribution in [-0.2, 0) is 14.3 Å². The van der Waals surface area contributed by atoms with Gasteiger partial charge in [-0.15, -0.1) is 0 Å². The molecule has 1 aromatic heterocycles. The van der Waals surface area contributed by atoms with E-state index in [9.17, 15) is 4.79 Å². The molecule has 0 saturated heterocycles. The molecule has 1 atom stereocenters. The Bertz CT molecular complexity index is 400. The predicted molar refractivity (Wildman–Crippen MR) is 52.7 cm³/mol. The Kier molecular flexibility index (Phi) is 2.69. The van der Waals surface area contributed by atoms with Gasteiger partial charge in [0.25, 0.3) is 6.29 Å². The van der Waals surface area contributed by atoms with Gasteiger partial charge in [-0.2, -0.15) is 0 Å². The summed E-state index contributed by atoms with van der Waals surface area (Å²) in [5.74, 6) is 0.413. The van der Waals surface area contributed by atoms with Gasteiger partial charge in [-0.1, -0.05) is 0 Å². The smallest absolute Gasteiger partial charge is 0.263 e. The van der Waals surface area contributed by atoms with E-state index in [-0.39, 0.29) is 5.78 Å². The van der Waals surface area contributed by atoms with Crippen molar-refractivity contribution in [3.05, 3.63) is 42.1 Å². The maximum absolute atomic E-state index is 11.7. The van der Waals surface area contributed by atoms with E-state index in [1.807, 2.05) is 0 Å². The van der Waals surface area contributed by atoms with Gasteiger partial charge in [-0.25, -0.2) is 0 Å². The lowest BCUT2D eigenvalue weighted by molar-refractivity contribution is -0.148. The van der Waals surface area contributed by atoms with Crippen LogP contribution in [0, 0.1) is 0 Å². The summed E-state index contributed by atoms with van der Waals surface area (Å²) in [6.45, 7) is 0. The topological polar surface area (TPSA) is 48.7 Å². The largest absolute Gasteiger partial charge is 0.465 e. The minimum absolute atomic E-state index is 0.212. The maximum atomic E-state index is 11.7. The van der Waals surface area contributed by atoms with Crippen LogP contribution in [0.25, 0.3) is 6.08 Å². The third kappa shape index (κ3) is 1.99. The summed E-state index contributed by atoms with van der Waals surface area (Å²) >= 11 is 0. The normalized spacial score (nSPS) is 23.1. The minimum Gasteiger partial charge on any atom is -0.465 e. The second kappa shape index (κ2) is 4.14. The summed E-state index contributed by atoms with van der Waals surface area (Å²) in [5, 5.41) is 0. The van der Waals surface area contributed by atoms with Crippen molar-refractivity contribution in [3.63, 3.8) is 0 Å². The molecule has 0 spiro atoms. The molecule has 78 valence electrons. The lowest BCUT2D eigenvalue weighted by Gasteiger charge is -2.17. The summed E-state index contributed by atoms with van der Waals surface area (Å²) in [4.78, 5) is 11.7. The fourth-order valence-electron chi connectivity index (χ4n) is 1.27. The molecule has 2 heterocycles. The van der Waals surface area contributed by atoms with Gasteiger partial charge in [-0.05, 0) is 24.3 Å². The van der Waals surface area contributed by atoms with Crippen molar-refractivity contribution in [3.8, 4) is 0 Å². The van der Waals surface area contributed by atoms with Crippen molar-refractivity contribution in [2.24, 2.45) is 0 Å². The molecule has 0 amide bonds. The Morgan fingerprint density at radius 1 is 1.53 bits per heavy atom. The van der Waals surface area contributed by atoms with Crippen molar-refractivity contribution in [1.29, 1.82) is 0 Å². The second-order valence-electron chi connectivity index (χ2n) is 2.99. The Morgan fingerprint density at radius 3 is 3.07 bits per heavy atom. The van der Waals surface area contributed by atoms with Crippen LogP contribution in [0.3, 0.4) is 0 Å². The summed E-state index contributed by atoms with van der Waals surface area (Å²) < 4.78 is 14.9. The van der Waals surface area contributed by atoms with Gasteiger partial charge in [0.15, 0.2) is 0 Å². The number of ether oxygens (including phenoxy) is 2. The predicted octanol–water partition coefficient (Wildman–Crippen LogP) is 1.75. The number of Topliss-reactive ketones (excluding diaryl/α,β-unsaturated/α-hetero) is 1. The van der Waals surface area contributed by atoms with Crippen LogP contribution >= 0.6 is 0 Å². The summed E-state index contributed by atoms with van der Waals surface area (Å²) in [6, 6.07) is 3.53. The zero-order chi connectivity index (χ0) is 10.7. The molecular formula is C11H10O4. The molecule has 1 aliphatic heterocycles. The fourth-order valence-corrected chi connectivity index (χ4v) is 1.27. The van der Waals surface area contributed by atoms with Gasteiger partial charge in [-0.3, -0.25) is 4.79 Å². The molecule has 2 rings (SSSR count). The first-order chi connectivity index (χ1) is 7.31. The van der Waals surface area contributed by atoms with Crippen LogP contribution in [0.1, 0.15) is 5.76 Å². The second-order valence-corrected chi connectivity index (χ2v) is 2.99. The molecule has 15 heavy (non-hydrogen) atoms. The highest BCUT2D eigenvalue weighted by Gasteiger charge is 2.24. The molecule has 1 aliphatic rings. The Labute approximate surface area is 86.8 Å². The number of rotatable bonds is 2. The molecule has 0 N–H and O–H groups in total. The number of carbonyl (C=O) groups is 1. The summed E-state index contributed by atoms with van der Waals surface area (Å²) in [7, 11) is 1.42. The molecule has 4 heteroatoms. The monoisotopic (exact) mass is 206 g/mol. The number of hydrogen-bond acceptors (Lipinski definition) is 4. The molecule has 1 unspecified atom stereocenters. The molecule has 0 radical (unpaired) electrons. The van der Waals surface area contributed by atoms with Gasteiger partial charge >= 0.3 is 0 Å². The maximum Gasteiger partial charge on any atom is 0.263 e. The summed E-state index contributed by atoms with van der Waals surface area (Å²) in [6.07, 6.45) is 5.36. The average molecular weight is 206 g/mol. The van der Waals surface area contributed by atoms with Gasteiger partial charge in [0.05, 0.1) is 12.5 Å². The Balaban J connectivity index is 2.26. The van der Waals surface area contributed by atoms with E-state index in [1.165, 1.54) is 13.4 Å². The van der Waals surface area contributed by atoms with Gasteiger partial charge in [0.2, 0.25) is 5.78 Å². The van der Waals surface area contributed by atoms with E-state index in [2.05, 4.69) is 0 Å². The molecule has 0 bridgehead atoms. The first kappa shape index (κ1) is 9.73. The Hall–Kier alpha value is -1.81. The number of carbonyl (C=O) groups excluding carboxylic acids is 1. The molecule has 0 saturated carbocycles. The van der Waals surface area contributed by atoms with Crippen molar-refractivity contribution < 1.29 is 18.7 Å². The van der Waals surface area contributed by atoms with E-state index >= 15 is 0 Å². The van der Waals surface area contributed by atoms with Crippen LogP contribution in [0.5, 0.6) is 0 Å². The van der Waals surface area contributed by atoms with E-state index in [4.69, 9.17) is 13.9 Å². The first-order valence-corrected chi connectivity index (χ1v) is 4.45. The lowest BCUT2D eigenvalue weighted by Crippen LogP contribution is -2.28. The molecule has 4 nitrogen and oxygen atoms in total. The molecule has 0 fully saturated rings. The third-order valence-electron chi connectivity index (χ3n) is 2.00. The van der Waals surface area contributed by atoms with E-state index in [1.54, 1.807) is 30.5 Å². The number of ketones is 1. The van der Waals surface area contributed by atoms with Crippen LogP contribution in [0.4, 0.5) is 0 Å². The van der Waals surface area contributed by atoms with E-state index < -0.39 is 6.29 Å². The zero-order valence-electron chi connectivity index (χ0n) is 8.17. The van der Waals surface area contributed by atoms with Crippen molar-refractivity contribution in [1.82, 2.24) is 0 Å². The van der Waals surface area contributed by atoms with Crippen LogP contribution in [0.15, 0.2) is 40.7 Å². The fraction of sp³-hybridized carbons (Fsp3) is 0.182. The SMILES string of the molecule is COC1OC=CC(=Cc2ccco2)C1=O. The molecule has 0 aromatic carbocycles.